The van der Waals surface area contributed by atoms with E-state index < -0.39 is 0 Å². The molecular formula is C15H18N2O. The first-order valence-corrected chi connectivity index (χ1v) is 5.76. The fourth-order valence-electron chi connectivity index (χ4n) is 1.33. The molecule has 0 heterocycles. The van der Waals surface area contributed by atoms with E-state index in [1.54, 1.807) is 13.2 Å². The zero-order valence-electron chi connectivity index (χ0n) is 11.3. The van der Waals surface area contributed by atoms with Crippen molar-refractivity contribution in [2.45, 2.75) is 26.3 Å². The van der Waals surface area contributed by atoms with Crippen LogP contribution in [0.3, 0.4) is 0 Å². The van der Waals surface area contributed by atoms with Gasteiger partial charge in [-0.25, -0.2) is 0 Å². The third kappa shape index (κ3) is 4.42. The van der Waals surface area contributed by atoms with Gasteiger partial charge in [-0.1, -0.05) is 6.07 Å². The molecule has 0 aliphatic rings. The minimum atomic E-state index is -0.126. The Kier molecular flexibility index (Phi) is 4.67. The molecule has 94 valence electrons. The van der Waals surface area contributed by atoms with Gasteiger partial charge in [-0.15, -0.1) is 0 Å². The predicted octanol–water partition coefficient (Wildman–Crippen LogP) is 3.45. The van der Waals surface area contributed by atoms with Crippen molar-refractivity contribution in [3.05, 3.63) is 35.4 Å². The zero-order valence-corrected chi connectivity index (χ0v) is 11.3. The molecule has 0 amide bonds. The van der Waals surface area contributed by atoms with Gasteiger partial charge < -0.3 is 4.74 Å². The third-order valence-electron chi connectivity index (χ3n) is 2.22. The summed E-state index contributed by atoms with van der Waals surface area (Å²) in [6.45, 7) is 6.11. The van der Waals surface area contributed by atoms with Crippen molar-refractivity contribution in [1.82, 2.24) is 0 Å². The van der Waals surface area contributed by atoms with Crippen molar-refractivity contribution in [1.29, 1.82) is 5.26 Å². The Morgan fingerprint density at radius 3 is 2.56 bits per heavy atom. The fraction of sp³-hybridized carbons (Fsp3) is 0.333. The highest BCUT2D eigenvalue weighted by Crippen LogP contribution is 2.18. The van der Waals surface area contributed by atoms with Crippen molar-refractivity contribution in [2.24, 2.45) is 4.99 Å². The predicted molar refractivity (Wildman–Crippen MR) is 75.0 cm³/mol. The van der Waals surface area contributed by atoms with Gasteiger partial charge in [0.25, 0.3) is 0 Å². The summed E-state index contributed by atoms with van der Waals surface area (Å²) in [5, 5.41) is 8.58. The highest BCUT2D eigenvalue weighted by molar-refractivity contribution is 5.86. The van der Waals surface area contributed by atoms with Crippen LogP contribution in [0.4, 0.5) is 0 Å². The van der Waals surface area contributed by atoms with Crippen LogP contribution in [0.15, 0.2) is 29.3 Å². The monoisotopic (exact) mass is 242 g/mol. The average molecular weight is 242 g/mol. The molecule has 1 rings (SSSR count). The minimum absolute atomic E-state index is 0.126. The number of hydrogen-bond acceptors (Lipinski definition) is 3. The number of benzene rings is 1. The van der Waals surface area contributed by atoms with E-state index in [4.69, 9.17) is 10.00 Å². The first-order valence-electron chi connectivity index (χ1n) is 5.76. The van der Waals surface area contributed by atoms with Crippen molar-refractivity contribution >= 4 is 12.3 Å². The lowest BCUT2D eigenvalue weighted by Crippen LogP contribution is -2.09. The smallest absolute Gasteiger partial charge is 0.119 e. The van der Waals surface area contributed by atoms with Crippen molar-refractivity contribution < 1.29 is 4.74 Å². The Balaban J connectivity index is 3.16. The van der Waals surface area contributed by atoms with E-state index in [2.05, 4.69) is 4.99 Å². The first-order chi connectivity index (χ1) is 8.46. The number of hydrogen-bond donors (Lipinski definition) is 0. The Morgan fingerprint density at radius 2 is 2.00 bits per heavy atom. The summed E-state index contributed by atoms with van der Waals surface area (Å²) in [6.07, 6.45) is 5.04. The molecule has 3 nitrogen and oxygen atoms in total. The summed E-state index contributed by atoms with van der Waals surface area (Å²) in [7, 11) is 1.63. The quantitative estimate of drug-likeness (QED) is 0.602. The van der Waals surface area contributed by atoms with Crippen LogP contribution >= 0.6 is 0 Å². The molecule has 0 saturated carbocycles. The SMILES string of the molecule is COc1ccc(/C=C/C#N)c(C=NC(C)(C)C)c1. The van der Waals surface area contributed by atoms with Gasteiger partial charge in [-0.2, -0.15) is 5.26 Å². The van der Waals surface area contributed by atoms with Crippen LogP contribution < -0.4 is 4.74 Å². The Hall–Kier alpha value is -2.08. The van der Waals surface area contributed by atoms with Crippen LogP contribution in [0.1, 0.15) is 31.9 Å². The second-order valence-corrected chi connectivity index (χ2v) is 4.89. The Bertz CT molecular complexity index is 502. The topological polar surface area (TPSA) is 45.4 Å². The van der Waals surface area contributed by atoms with Crippen LogP contribution in [-0.2, 0) is 0 Å². The summed E-state index contributed by atoms with van der Waals surface area (Å²) >= 11 is 0. The van der Waals surface area contributed by atoms with E-state index in [1.807, 2.05) is 51.3 Å². The molecule has 3 heteroatoms. The highest BCUT2D eigenvalue weighted by Gasteiger charge is 2.06. The van der Waals surface area contributed by atoms with Gasteiger partial charge >= 0.3 is 0 Å². The maximum atomic E-state index is 8.58. The molecule has 0 atom stereocenters. The number of methoxy groups -OCH3 is 1. The lowest BCUT2D eigenvalue weighted by atomic mass is 10.1. The van der Waals surface area contributed by atoms with Crippen LogP contribution in [0, 0.1) is 11.3 Å². The van der Waals surface area contributed by atoms with Gasteiger partial charge in [-0.3, -0.25) is 4.99 Å². The van der Waals surface area contributed by atoms with Crippen molar-refractivity contribution in [3.63, 3.8) is 0 Å². The fourth-order valence-corrected chi connectivity index (χ4v) is 1.33. The number of nitrogens with zero attached hydrogens (tertiary/aromatic N) is 2. The lowest BCUT2D eigenvalue weighted by Gasteiger charge is -2.12. The third-order valence-corrected chi connectivity index (χ3v) is 2.22. The summed E-state index contributed by atoms with van der Waals surface area (Å²) in [5.74, 6) is 0.777. The molecule has 0 N–H and O–H groups in total. The standard InChI is InChI=1S/C15H18N2O/c1-15(2,3)17-11-13-10-14(18-4)8-7-12(13)6-5-9-16/h5-8,10-11H,1-4H3/b6-5+,17-11?. The molecule has 0 fully saturated rings. The highest BCUT2D eigenvalue weighted by atomic mass is 16.5. The summed E-state index contributed by atoms with van der Waals surface area (Å²) in [4.78, 5) is 4.47. The summed E-state index contributed by atoms with van der Waals surface area (Å²) in [5.41, 5.74) is 1.76. The molecule has 0 unspecified atom stereocenters. The van der Waals surface area contributed by atoms with E-state index in [0.29, 0.717) is 0 Å². The van der Waals surface area contributed by atoms with Gasteiger partial charge in [0, 0.05) is 17.9 Å². The molecule has 18 heavy (non-hydrogen) atoms. The van der Waals surface area contributed by atoms with E-state index >= 15 is 0 Å². The molecular weight excluding hydrogens is 224 g/mol. The molecule has 1 aromatic rings. The minimum Gasteiger partial charge on any atom is -0.497 e. The van der Waals surface area contributed by atoms with Gasteiger partial charge in [0.1, 0.15) is 5.75 Å². The van der Waals surface area contributed by atoms with Gasteiger partial charge in [0.2, 0.25) is 0 Å². The molecule has 1 aromatic carbocycles. The molecule has 0 radical (unpaired) electrons. The first kappa shape index (κ1) is 14.0. The maximum absolute atomic E-state index is 8.58. The van der Waals surface area contributed by atoms with Crippen LogP contribution in [0.2, 0.25) is 0 Å². The molecule has 0 bridgehead atoms. The Morgan fingerprint density at radius 1 is 1.28 bits per heavy atom. The van der Waals surface area contributed by atoms with E-state index in [-0.39, 0.29) is 5.54 Å². The number of nitriles is 1. The van der Waals surface area contributed by atoms with Gasteiger partial charge in [0.05, 0.1) is 18.7 Å². The van der Waals surface area contributed by atoms with E-state index in [1.165, 1.54) is 6.08 Å². The lowest BCUT2D eigenvalue weighted by molar-refractivity contribution is 0.414. The number of aliphatic imine (C=N–C) groups is 1. The Labute approximate surface area is 108 Å². The summed E-state index contributed by atoms with van der Waals surface area (Å²) < 4.78 is 5.20. The molecule has 0 saturated heterocycles. The largest absolute Gasteiger partial charge is 0.497 e. The van der Waals surface area contributed by atoms with Crippen LogP contribution in [0.5, 0.6) is 5.75 Å². The number of allylic oxidation sites excluding steroid dienone is 1. The molecule has 0 spiro atoms. The number of ether oxygens (including phenoxy) is 1. The van der Waals surface area contributed by atoms with Crippen molar-refractivity contribution in [3.8, 4) is 11.8 Å². The van der Waals surface area contributed by atoms with Crippen molar-refractivity contribution in [2.75, 3.05) is 7.11 Å². The second-order valence-electron chi connectivity index (χ2n) is 4.89. The maximum Gasteiger partial charge on any atom is 0.119 e. The van der Waals surface area contributed by atoms with Crippen LogP contribution in [0.25, 0.3) is 6.08 Å². The van der Waals surface area contributed by atoms with Gasteiger partial charge in [0.15, 0.2) is 0 Å². The normalized spacial score (nSPS) is 11.9. The molecule has 0 aromatic heterocycles. The number of rotatable bonds is 3. The average Bonchev–Trinajstić information content (AvgIpc) is 2.33. The van der Waals surface area contributed by atoms with E-state index in [0.717, 1.165) is 16.9 Å². The molecule has 0 aliphatic heterocycles. The second kappa shape index (κ2) is 6.02. The summed E-state index contributed by atoms with van der Waals surface area (Å²) in [6, 6.07) is 7.68. The molecule has 0 aliphatic carbocycles. The van der Waals surface area contributed by atoms with E-state index in [9.17, 15) is 0 Å². The van der Waals surface area contributed by atoms with Crippen LogP contribution in [-0.4, -0.2) is 18.9 Å². The van der Waals surface area contributed by atoms with Gasteiger partial charge in [-0.05, 0) is 44.5 Å². The zero-order chi connectivity index (χ0) is 13.6.